The molecule has 0 bridgehead atoms. The van der Waals surface area contributed by atoms with Crippen LogP contribution in [-0.4, -0.2) is 30.8 Å². The van der Waals surface area contributed by atoms with Gasteiger partial charge in [-0.05, 0) is 44.7 Å². The van der Waals surface area contributed by atoms with Crippen molar-refractivity contribution in [1.82, 2.24) is 4.90 Å². The lowest BCUT2D eigenvalue weighted by Crippen LogP contribution is -2.33. The zero-order chi connectivity index (χ0) is 20.0. The Bertz CT molecular complexity index is 1060. The first-order chi connectivity index (χ1) is 14.1. The Morgan fingerprint density at radius 1 is 1.17 bits per heavy atom. The SMILES string of the molecule is CCOC(=O)c1c(-c2ccc(C)cc2)oc2ccc3c(c12)CN(CC1CC1)CO3. The van der Waals surface area contributed by atoms with Crippen molar-refractivity contribution in [2.75, 3.05) is 19.9 Å². The second-order valence-electron chi connectivity index (χ2n) is 8.04. The van der Waals surface area contributed by atoms with Crippen LogP contribution in [0.1, 0.15) is 41.3 Å². The minimum Gasteiger partial charge on any atom is -0.478 e. The Hall–Kier alpha value is -2.79. The molecule has 1 aromatic heterocycles. The number of carbonyl (C=O) groups is 1. The highest BCUT2D eigenvalue weighted by Crippen LogP contribution is 2.41. The van der Waals surface area contributed by atoms with Crippen LogP contribution in [-0.2, 0) is 11.3 Å². The number of fused-ring (bicyclic) bond motifs is 3. The van der Waals surface area contributed by atoms with Crippen molar-refractivity contribution in [2.45, 2.75) is 33.2 Å². The van der Waals surface area contributed by atoms with Gasteiger partial charge in [-0.25, -0.2) is 4.79 Å². The molecule has 1 aliphatic heterocycles. The van der Waals surface area contributed by atoms with E-state index < -0.39 is 0 Å². The Balaban J connectivity index is 1.67. The van der Waals surface area contributed by atoms with E-state index in [1.54, 1.807) is 0 Å². The summed E-state index contributed by atoms with van der Waals surface area (Å²) >= 11 is 0. The Kier molecular flexibility index (Phi) is 4.55. The number of rotatable bonds is 5. The van der Waals surface area contributed by atoms with Crippen LogP contribution in [0, 0.1) is 12.8 Å². The molecule has 5 rings (SSSR count). The quantitative estimate of drug-likeness (QED) is 0.563. The average molecular weight is 391 g/mol. The molecule has 1 saturated carbocycles. The van der Waals surface area contributed by atoms with Crippen LogP contribution in [0.4, 0.5) is 0 Å². The topological polar surface area (TPSA) is 51.9 Å². The monoisotopic (exact) mass is 391 g/mol. The second kappa shape index (κ2) is 7.23. The summed E-state index contributed by atoms with van der Waals surface area (Å²) in [5, 5.41) is 0.817. The summed E-state index contributed by atoms with van der Waals surface area (Å²) in [6.07, 6.45) is 2.59. The van der Waals surface area contributed by atoms with Crippen LogP contribution in [0.15, 0.2) is 40.8 Å². The molecule has 29 heavy (non-hydrogen) atoms. The van der Waals surface area contributed by atoms with Gasteiger partial charge in [-0.2, -0.15) is 0 Å². The molecule has 150 valence electrons. The highest BCUT2D eigenvalue weighted by atomic mass is 16.5. The summed E-state index contributed by atoms with van der Waals surface area (Å²) in [5.74, 6) is 1.81. The molecule has 0 amide bonds. The van der Waals surface area contributed by atoms with E-state index >= 15 is 0 Å². The summed E-state index contributed by atoms with van der Waals surface area (Å²) in [6.45, 7) is 6.55. The molecule has 0 saturated heterocycles. The molecular formula is C24H25NO4. The minimum atomic E-state index is -0.352. The van der Waals surface area contributed by atoms with Crippen LogP contribution < -0.4 is 4.74 Å². The van der Waals surface area contributed by atoms with E-state index in [0.29, 0.717) is 30.2 Å². The van der Waals surface area contributed by atoms with Gasteiger partial charge in [-0.15, -0.1) is 0 Å². The van der Waals surface area contributed by atoms with Crippen molar-refractivity contribution in [3.8, 4) is 17.1 Å². The molecule has 1 aliphatic carbocycles. The van der Waals surface area contributed by atoms with Gasteiger partial charge in [0, 0.05) is 29.6 Å². The Morgan fingerprint density at radius 2 is 1.97 bits per heavy atom. The van der Waals surface area contributed by atoms with Crippen molar-refractivity contribution in [1.29, 1.82) is 0 Å². The van der Waals surface area contributed by atoms with Gasteiger partial charge in [0.05, 0.1) is 6.61 Å². The molecule has 0 radical (unpaired) electrons. The van der Waals surface area contributed by atoms with E-state index in [-0.39, 0.29) is 5.97 Å². The van der Waals surface area contributed by atoms with Crippen LogP contribution >= 0.6 is 0 Å². The first kappa shape index (κ1) is 18.3. The lowest BCUT2D eigenvalue weighted by atomic mass is 9.99. The maximum atomic E-state index is 13.0. The molecule has 2 aromatic carbocycles. The van der Waals surface area contributed by atoms with Crippen molar-refractivity contribution in [3.05, 3.63) is 53.1 Å². The fourth-order valence-corrected chi connectivity index (χ4v) is 4.05. The van der Waals surface area contributed by atoms with E-state index in [1.165, 1.54) is 12.8 Å². The summed E-state index contributed by atoms with van der Waals surface area (Å²) in [4.78, 5) is 15.3. The minimum absolute atomic E-state index is 0.318. The predicted molar refractivity (Wildman–Crippen MR) is 111 cm³/mol. The molecular weight excluding hydrogens is 366 g/mol. The first-order valence-corrected chi connectivity index (χ1v) is 10.3. The molecule has 2 aliphatic rings. The molecule has 0 N–H and O–H groups in total. The third-order valence-electron chi connectivity index (χ3n) is 5.71. The zero-order valence-electron chi connectivity index (χ0n) is 16.9. The first-order valence-electron chi connectivity index (χ1n) is 10.3. The molecule has 0 atom stereocenters. The highest BCUT2D eigenvalue weighted by Gasteiger charge is 2.31. The van der Waals surface area contributed by atoms with Crippen LogP contribution in [0.5, 0.6) is 5.75 Å². The van der Waals surface area contributed by atoms with Gasteiger partial charge >= 0.3 is 5.97 Å². The van der Waals surface area contributed by atoms with E-state index in [4.69, 9.17) is 13.9 Å². The van der Waals surface area contributed by atoms with Crippen molar-refractivity contribution in [3.63, 3.8) is 0 Å². The number of furan rings is 1. The molecule has 0 unspecified atom stereocenters. The number of carbonyl (C=O) groups excluding carboxylic acids is 1. The van der Waals surface area contributed by atoms with Gasteiger partial charge in [-0.3, -0.25) is 4.90 Å². The second-order valence-corrected chi connectivity index (χ2v) is 8.04. The maximum Gasteiger partial charge on any atom is 0.342 e. The summed E-state index contributed by atoms with van der Waals surface area (Å²) < 4.78 is 17.7. The smallest absolute Gasteiger partial charge is 0.342 e. The van der Waals surface area contributed by atoms with Gasteiger partial charge in [-0.1, -0.05) is 29.8 Å². The number of nitrogens with zero attached hydrogens (tertiary/aromatic N) is 1. The molecule has 5 nitrogen and oxygen atoms in total. The summed E-state index contributed by atoms with van der Waals surface area (Å²) in [7, 11) is 0. The Morgan fingerprint density at radius 3 is 2.69 bits per heavy atom. The summed E-state index contributed by atoms with van der Waals surface area (Å²) in [6, 6.07) is 11.9. The van der Waals surface area contributed by atoms with Crippen molar-refractivity contribution >= 4 is 16.9 Å². The standard InChI is InChI=1S/C24H25NO4/c1-3-27-24(26)22-21-18-13-25(12-16-6-7-16)14-28-19(18)10-11-20(21)29-23(22)17-8-4-15(2)5-9-17/h4-5,8-11,16H,3,6-7,12-14H2,1-2H3. The van der Waals surface area contributed by atoms with Gasteiger partial charge < -0.3 is 13.9 Å². The van der Waals surface area contributed by atoms with Crippen LogP contribution in [0.3, 0.4) is 0 Å². The highest BCUT2D eigenvalue weighted by molar-refractivity contribution is 6.10. The van der Waals surface area contributed by atoms with E-state index in [2.05, 4.69) is 4.90 Å². The summed E-state index contributed by atoms with van der Waals surface area (Å²) in [5.41, 5.74) is 4.23. The number of esters is 1. The maximum absolute atomic E-state index is 13.0. The van der Waals surface area contributed by atoms with Gasteiger partial charge in [0.15, 0.2) is 0 Å². The molecule has 3 aromatic rings. The molecule has 0 spiro atoms. The third-order valence-corrected chi connectivity index (χ3v) is 5.71. The van der Waals surface area contributed by atoms with Crippen LogP contribution in [0.2, 0.25) is 0 Å². The zero-order valence-corrected chi connectivity index (χ0v) is 16.9. The predicted octanol–water partition coefficient (Wildman–Crippen LogP) is 5.15. The molecule has 5 heteroatoms. The largest absolute Gasteiger partial charge is 0.478 e. The lowest BCUT2D eigenvalue weighted by molar-refractivity contribution is 0.0528. The third kappa shape index (κ3) is 3.40. The fourth-order valence-electron chi connectivity index (χ4n) is 4.05. The number of hydrogen-bond donors (Lipinski definition) is 0. The number of hydrogen-bond acceptors (Lipinski definition) is 5. The van der Waals surface area contributed by atoms with E-state index in [0.717, 1.165) is 46.8 Å². The number of benzene rings is 2. The van der Waals surface area contributed by atoms with Crippen molar-refractivity contribution in [2.24, 2.45) is 5.92 Å². The van der Waals surface area contributed by atoms with Gasteiger partial charge in [0.2, 0.25) is 0 Å². The fraction of sp³-hybridized carbons (Fsp3) is 0.375. The van der Waals surface area contributed by atoms with E-state index in [9.17, 15) is 4.79 Å². The molecule has 1 fully saturated rings. The van der Waals surface area contributed by atoms with Crippen LogP contribution in [0.25, 0.3) is 22.3 Å². The Labute approximate surface area is 170 Å². The number of aryl methyl sites for hydroxylation is 1. The molecule has 2 heterocycles. The average Bonchev–Trinajstić information content (AvgIpc) is 3.44. The van der Waals surface area contributed by atoms with Gasteiger partial charge in [0.25, 0.3) is 0 Å². The number of ether oxygens (including phenoxy) is 2. The lowest BCUT2D eigenvalue weighted by Gasteiger charge is -2.29. The van der Waals surface area contributed by atoms with Gasteiger partial charge in [0.1, 0.15) is 29.4 Å². The normalized spacial score (nSPS) is 16.5. The van der Waals surface area contributed by atoms with E-state index in [1.807, 2.05) is 50.2 Å². The van der Waals surface area contributed by atoms with Crippen molar-refractivity contribution < 1.29 is 18.7 Å².